The number of sulfonamides is 1. The van der Waals surface area contributed by atoms with Crippen molar-refractivity contribution in [1.29, 1.82) is 0 Å². The Kier molecular flexibility index (Phi) is 12.9. The van der Waals surface area contributed by atoms with Crippen molar-refractivity contribution in [1.82, 2.24) is 25.1 Å². The van der Waals surface area contributed by atoms with Gasteiger partial charge in [0.05, 0.1) is 17.0 Å². The van der Waals surface area contributed by atoms with Crippen molar-refractivity contribution in [2.45, 2.75) is 69.9 Å². The molecule has 18 heteroatoms. The van der Waals surface area contributed by atoms with Crippen LogP contribution in [0.5, 0.6) is 0 Å². The van der Waals surface area contributed by atoms with Crippen molar-refractivity contribution in [2.24, 2.45) is 11.8 Å². The Balaban J connectivity index is 0.00000183. The summed E-state index contributed by atoms with van der Waals surface area (Å²) in [5.41, 5.74) is 4.64. The highest BCUT2D eigenvalue weighted by atomic mass is 32.2. The van der Waals surface area contributed by atoms with Gasteiger partial charge in [-0.2, -0.15) is 0 Å². The van der Waals surface area contributed by atoms with Crippen LogP contribution in [-0.4, -0.2) is 108 Å². The van der Waals surface area contributed by atoms with Gasteiger partial charge in [0.15, 0.2) is 5.82 Å². The number of amides is 3. The van der Waals surface area contributed by atoms with Gasteiger partial charge in [-0.1, -0.05) is 24.3 Å². The summed E-state index contributed by atoms with van der Waals surface area (Å²) < 4.78 is 58.0. The zero-order chi connectivity index (χ0) is 47.0. The molecule has 10 rings (SSSR count). The molecule has 1 aliphatic carbocycles. The van der Waals surface area contributed by atoms with Crippen molar-refractivity contribution in [2.75, 3.05) is 48.1 Å². The predicted molar refractivity (Wildman–Crippen MR) is 246 cm³/mol. The molecule has 0 unspecified atom stereocenters. The number of H-pyrrole nitrogens is 1. The molecule has 4 N–H and O–H groups in total. The van der Waals surface area contributed by atoms with Gasteiger partial charge in [-0.15, -0.1) is 0 Å². The third kappa shape index (κ3) is 9.81. The monoisotopic (exact) mass is 935 g/mol. The molecule has 350 valence electrons. The van der Waals surface area contributed by atoms with E-state index in [1.165, 1.54) is 11.8 Å². The van der Waals surface area contributed by atoms with Crippen molar-refractivity contribution >= 4 is 62.4 Å². The van der Waals surface area contributed by atoms with Crippen LogP contribution in [0.4, 0.5) is 20.2 Å². The fraction of sp³-hybridized carbons (Fsp3) is 0.388. The highest BCUT2D eigenvalue weighted by Crippen LogP contribution is 2.36. The normalized spacial score (nSPS) is 19.5. The number of ketones is 1. The van der Waals surface area contributed by atoms with Crippen LogP contribution in [0.25, 0.3) is 22.2 Å². The van der Waals surface area contributed by atoms with Crippen molar-refractivity contribution in [3.05, 3.63) is 113 Å². The van der Waals surface area contributed by atoms with Gasteiger partial charge in [0.1, 0.15) is 17.5 Å². The van der Waals surface area contributed by atoms with Crippen LogP contribution in [-0.2, 0) is 31.0 Å². The Hall–Kier alpha value is -6.53. The third-order valence-corrected chi connectivity index (χ3v) is 15.3. The lowest BCUT2D eigenvalue weighted by Crippen LogP contribution is -2.52. The molecule has 4 aliphatic heterocycles. The zero-order valence-electron chi connectivity index (χ0n) is 36.7. The van der Waals surface area contributed by atoms with E-state index in [0.717, 1.165) is 106 Å². The van der Waals surface area contributed by atoms with Crippen LogP contribution >= 0.6 is 0 Å². The van der Waals surface area contributed by atoms with Crippen LogP contribution in [0.15, 0.2) is 73.1 Å². The Labute approximate surface area is 386 Å². The molecule has 0 spiro atoms. The molecule has 5 aliphatic rings. The van der Waals surface area contributed by atoms with Crippen molar-refractivity contribution in [3.8, 4) is 11.1 Å². The highest BCUT2D eigenvalue weighted by molar-refractivity contribution is 7.92. The molecular formula is C49H51F2N7O8S. The standard InChI is InChI=1S/C48H49F2N7O6S.CH2O2/c49-39-9-10-40(54-64(62,63)27-29-1-2-29)44(50)43(39)45(59)38-24-52-46-37(38)22-33(23-51-46)30-3-6-35(7-4-30)56-19-13-28(14-20-56)25-55-17-15-31(16-18-55)32-5-8-36-34(21-32)26-57(48(36)61)41-11-12-42(58)53-47(41)60;2-1-3/h3-10,21-24,28-29,31,41,54H,1-2,11-20,25-27H2,(H,51,52)(H,53,58,60);1H,(H,2,3)/t41-;/m0./s1. The SMILES string of the molecule is O=C1CC[C@H](N2Cc3cc(C4CCN(CC5CCN(c6ccc(-c7cnc8[nH]cc(C(=O)c9c(F)ccc(NS(=O)(=O)CC%10CC%10)c9F)c8c7)cc6)CC5)CC4)ccc3C2=O)C(=O)N1.O=CO. The van der Waals surface area contributed by atoms with E-state index in [2.05, 4.69) is 54.1 Å². The summed E-state index contributed by atoms with van der Waals surface area (Å²) in [7, 11) is -3.87. The van der Waals surface area contributed by atoms with Gasteiger partial charge >= 0.3 is 0 Å². The smallest absolute Gasteiger partial charge is 0.290 e. The molecule has 3 saturated heterocycles. The average molecular weight is 936 g/mol. The van der Waals surface area contributed by atoms with Gasteiger partial charge < -0.3 is 24.8 Å². The van der Waals surface area contributed by atoms with E-state index in [1.54, 1.807) is 17.2 Å². The van der Waals surface area contributed by atoms with Crippen LogP contribution in [0.1, 0.15) is 94.7 Å². The number of carbonyl (C=O) groups excluding carboxylic acids is 4. The number of benzene rings is 3. The molecule has 1 atom stereocenters. The minimum absolute atomic E-state index is 0.0170. The Morgan fingerprint density at radius 1 is 0.881 bits per heavy atom. The topological polar surface area (TPSA) is 202 Å². The van der Waals surface area contributed by atoms with E-state index in [1.807, 2.05) is 18.2 Å². The summed E-state index contributed by atoms with van der Waals surface area (Å²) in [6.45, 7) is 5.16. The van der Waals surface area contributed by atoms with E-state index >= 15 is 8.78 Å². The van der Waals surface area contributed by atoms with E-state index in [0.29, 0.717) is 41.4 Å². The van der Waals surface area contributed by atoms with E-state index in [-0.39, 0.29) is 41.9 Å². The number of rotatable bonds is 12. The second-order valence-electron chi connectivity index (χ2n) is 18.2. The molecule has 67 heavy (non-hydrogen) atoms. The molecule has 1 saturated carbocycles. The lowest BCUT2D eigenvalue weighted by molar-refractivity contribution is -0.137. The first-order valence-corrected chi connectivity index (χ1v) is 24.4. The number of carboxylic acid groups (broad SMARTS) is 1. The van der Waals surface area contributed by atoms with Crippen LogP contribution < -0.4 is 14.9 Å². The van der Waals surface area contributed by atoms with Crippen LogP contribution in [0.3, 0.4) is 0 Å². The van der Waals surface area contributed by atoms with Gasteiger partial charge in [-0.25, -0.2) is 22.2 Å². The van der Waals surface area contributed by atoms with Crippen molar-refractivity contribution < 1.29 is 46.3 Å². The number of hydrogen-bond acceptors (Lipinski definition) is 10. The molecule has 0 radical (unpaired) electrons. The number of anilines is 2. The number of aromatic nitrogens is 2. The van der Waals surface area contributed by atoms with Crippen molar-refractivity contribution in [3.63, 3.8) is 0 Å². The van der Waals surface area contributed by atoms with Gasteiger partial charge in [0.2, 0.25) is 27.6 Å². The van der Waals surface area contributed by atoms with Crippen LogP contribution in [0.2, 0.25) is 0 Å². The molecule has 6 heterocycles. The van der Waals surface area contributed by atoms with Gasteiger partial charge in [-0.05, 0) is 129 Å². The quantitative estimate of drug-likeness (QED) is 0.0609. The second kappa shape index (κ2) is 19.0. The zero-order valence-corrected chi connectivity index (χ0v) is 37.5. The number of imide groups is 1. The first-order valence-electron chi connectivity index (χ1n) is 22.7. The van der Waals surface area contributed by atoms with Gasteiger partial charge in [-0.3, -0.25) is 34.0 Å². The lowest BCUT2D eigenvalue weighted by atomic mass is 9.87. The number of pyridine rings is 1. The maximum atomic E-state index is 15.6. The number of piperidine rings is 3. The fourth-order valence-corrected chi connectivity index (χ4v) is 11.6. The Morgan fingerprint density at radius 2 is 1.61 bits per heavy atom. The fourth-order valence-electron chi connectivity index (χ4n) is 10.0. The second-order valence-corrected chi connectivity index (χ2v) is 20.0. The Morgan fingerprint density at radius 3 is 2.31 bits per heavy atom. The summed E-state index contributed by atoms with van der Waals surface area (Å²) in [6.07, 6.45) is 9.49. The average Bonchev–Trinajstić information content (AvgIpc) is 3.92. The third-order valence-electron chi connectivity index (χ3n) is 13.8. The first kappa shape index (κ1) is 45.6. The number of halogens is 2. The molecule has 0 bridgehead atoms. The number of fused-ring (bicyclic) bond motifs is 2. The van der Waals surface area contributed by atoms with E-state index in [9.17, 15) is 27.6 Å². The molecule has 2 aromatic heterocycles. The van der Waals surface area contributed by atoms with E-state index in [4.69, 9.17) is 9.90 Å². The predicted octanol–water partition coefficient (Wildman–Crippen LogP) is 6.45. The summed E-state index contributed by atoms with van der Waals surface area (Å²) >= 11 is 0. The number of nitrogens with zero attached hydrogens (tertiary/aromatic N) is 4. The van der Waals surface area contributed by atoms with Gasteiger partial charge in [0.25, 0.3) is 12.4 Å². The molecular weight excluding hydrogens is 885 g/mol. The molecule has 3 amide bonds. The number of likely N-dealkylation sites (tertiary alicyclic amines) is 1. The lowest BCUT2D eigenvalue weighted by Gasteiger charge is -2.38. The summed E-state index contributed by atoms with van der Waals surface area (Å²) in [5.74, 6) is -3.22. The minimum atomic E-state index is -3.87. The maximum absolute atomic E-state index is 15.6. The Bertz CT molecular complexity index is 2850. The minimum Gasteiger partial charge on any atom is -0.483 e. The number of hydrogen-bond donors (Lipinski definition) is 4. The number of aromatic amines is 1. The molecule has 4 fully saturated rings. The molecule has 5 aromatic rings. The van der Waals surface area contributed by atoms with Crippen LogP contribution in [0, 0.1) is 23.5 Å². The summed E-state index contributed by atoms with van der Waals surface area (Å²) in [6, 6.07) is 17.4. The first-order chi connectivity index (χ1) is 32.3. The summed E-state index contributed by atoms with van der Waals surface area (Å²) in [5, 5.41) is 9.65. The molecule has 15 nitrogen and oxygen atoms in total. The number of carbonyl (C=O) groups is 5. The maximum Gasteiger partial charge on any atom is 0.290 e. The molecule has 3 aromatic carbocycles. The number of nitrogens with one attached hydrogen (secondary N) is 3. The largest absolute Gasteiger partial charge is 0.483 e. The summed E-state index contributed by atoms with van der Waals surface area (Å²) in [4.78, 5) is 73.4. The highest BCUT2D eigenvalue weighted by Gasteiger charge is 2.39. The van der Waals surface area contributed by atoms with E-state index < -0.39 is 50.6 Å². The van der Waals surface area contributed by atoms with Gasteiger partial charge in [0, 0.05) is 72.8 Å².